The normalized spacial score (nSPS) is 10.4. The summed E-state index contributed by atoms with van der Waals surface area (Å²) in [5, 5.41) is 2.47. The van der Waals surface area contributed by atoms with E-state index in [-0.39, 0.29) is 12.4 Å². The molecular formula is C24H21F2NO6. The molecule has 1 N–H and O–H groups in total. The zero-order chi connectivity index (χ0) is 23.5. The van der Waals surface area contributed by atoms with Crippen LogP contribution in [0.4, 0.5) is 14.5 Å². The van der Waals surface area contributed by atoms with Crippen molar-refractivity contribution in [2.24, 2.45) is 0 Å². The fourth-order valence-electron chi connectivity index (χ4n) is 2.62. The highest BCUT2D eigenvalue weighted by atomic mass is 19.3. The summed E-state index contributed by atoms with van der Waals surface area (Å²) in [6.45, 7) is -3.40. The number of carbonyl (C=O) groups excluding carboxylic acids is 2. The zero-order valence-corrected chi connectivity index (χ0v) is 17.4. The van der Waals surface area contributed by atoms with Crippen molar-refractivity contribution in [1.82, 2.24) is 0 Å². The molecule has 0 aromatic heterocycles. The SMILES string of the molecule is O=C(COC(=O)COc1ccc(OCc2ccccc2)cc1)Nc1ccc(OC(F)F)cc1. The lowest BCUT2D eigenvalue weighted by Crippen LogP contribution is -2.23. The molecule has 1 amide bonds. The summed E-state index contributed by atoms with van der Waals surface area (Å²) >= 11 is 0. The van der Waals surface area contributed by atoms with E-state index in [9.17, 15) is 18.4 Å². The smallest absolute Gasteiger partial charge is 0.387 e. The second-order valence-corrected chi connectivity index (χ2v) is 6.65. The van der Waals surface area contributed by atoms with Crippen molar-refractivity contribution in [2.45, 2.75) is 13.2 Å². The maximum absolute atomic E-state index is 12.1. The van der Waals surface area contributed by atoms with Crippen LogP contribution in [0.3, 0.4) is 0 Å². The highest BCUT2D eigenvalue weighted by molar-refractivity contribution is 5.92. The van der Waals surface area contributed by atoms with E-state index in [0.717, 1.165) is 5.56 Å². The van der Waals surface area contributed by atoms with Crippen LogP contribution in [0, 0.1) is 0 Å². The lowest BCUT2D eigenvalue weighted by Gasteiger charge is -2.10. The fourth-order valence-corrected chi connectivity index (χ4v) is 2.62. The Morgan fingerprint density at radius 3 is 2.00 bits per heavy atom. The Labute approximate surface area is 188 Å². The molecule has 0 saturated carbocycles. The minimum Gasteiger partial charge on any atom is -0.489 e. The van der Waals surface area contributed by atoms with Gasteiger partial charge >= 0.3 is 12.6 Å². The van der Waals surface area contributed by atoms with E-state index in [0.29, 0.717) is 23.8 Å². The van der Waals surface area contributed by atoms with Crippen LogP contribution < -0.4 is 19.5 Å². The second kappa shape index (κ2) is 12.0. The first kappa shape index (κ1) is 23.5. The van der Waals surface area contributed by atoms with Crippen molar-refractivity contribution >= 4 is 17.6 Å². The Morgan fingerprint density at radius 2 is 1.36 bits per heavy atom. The third-order valence-electron chi connectivity index (χ3n) is 4.16. The average molecular weight is 457 g/mol. The molecule has 3 aromatic rings. The summed E-state index contributed by atoms with van der Waals surface area (Å²) < 4.78 is 44.4. The molecule has 0 spiro atoms. The summed E-state index contributed by atoms with van der Waals surface area (Å²) in [6.07, 6.45) is 0. The van der Waals surface area contributed by atoms with Crippen LogP contribution in [-0.2, 0) is 20.9 Å². The van der Waals surface area contributed by atoms with E-state index in [1.165, 1.54) is 24.3 Å². The van der Waals surface area contributed by atoms with Crippen LogP contribution in [0.2, 0.25) is 0 Å². The summed E-state index contributed by atoms with van der Waals surface area (Å²) in [5.41, 5.74) is 1.38. The molecule has 0 aliphatic carbocycles. The van der Waals surface area contributed by atoms with Gasteiger partial charge in [-0.2, -0.15) is 8.78 Å². The molecule has 0 aliphatic heterocycles. The first-order valence-corrected chi connectivity index (χ1v) is 9.88. The Hall–Kier alpha value is -4.14. The van der Waals surface area contributed by atoms with Gasteiger partial charge in [0.05, 0.1) is 0 Å². The number of carbonyl (C=O) groups is 2. The molecule has 0 atom stereocenters. The Balaban J connectivity index is 1.34. The van der Waals surface area contributed by atoms with Crippen LogP contribution in [0.15, 0.2) is 78.9 Å². The number of ether oxygens (including phenoxy) is 4. The molecule has 9 heteroatoms. The summed E-state index contributed by atoms with van der Waals surface area (Å²) in [7, 11) is 0. The number of halogens is 2. The molecule has 0 fully saturated rings. The maximum Gasteiger partial charge on any atom is 0.387 e. The molecule has 0 aliphatic rings. The monoisotopic (exact) mass is 457 g/mol. The number of benzene rings is 3. The number of anilines is 1. The summed E-state index contributed by atoms with van der Waals surface area (Å²) in [6, 6.07) is 21.8. The third kappa shape index (κ3) is 8.48. The fraction of sp³-hybridized carbons (Fsp3) is 0.167. The van der Waals surface area contributed by atoms with E-state index in [4.69, 9.17) is 14.2 Å². The molecule has 172 valence electrons. The largest absolute Gasteiger partial charge is 0.489 e. The van der Waals surface area contributed by atoms with Crippen molar-refractivity contribution in [2.75, 3.05) is 18.5 Å². The summed E-state index contributed by atoms with van der Waals surface area (Å²) in [5.74, 6) is -0.266. The molecule has 3 aromatic carbocycles. The number of nitrogens with one attached hydrogen (secondary N) is 1. The topological polar surface area (TPSA) is 83.1 Å². The Kier molecular flexibility index (Phi) is 8.58. The van der Waals surface area contributed by atoms with Crippen molar-refractivity contribution in [3.63, 3.8) is 0 Å². The predicted octanol–water partition coefficient (Wildman–Crippen LogP) is 4.43. The Morgan fingerprint density at radius 1 is 0.758 bits per heavy atom. The molecule has 33 heavy (non-hydrogen) atoms. The van der Waals surface area contributed by atoms with Gasteiger partial charge in [-0.25, -0.2) is 4.79 Å². The van der Waals surface area contributed by atoms with Gasteiger partial charge in [0.25, 0.3) is 5.91 Å². The number of esters is 1. The molecule has 0 saturated heterocycles. The van der Waals surface area contributed by atoms with Crippen molar-refractivity contribution in [1.29, 1.82) is 0 Å². The average Bonchev–Trinajstić information content (AvgIpc) is 2.82. The lowest BCUT2D eigenvalue weighted by atomic mass is 10.2. The van der Waals surface area contributed by atoms with Gasteiger partial charge < -0.3 is 24.3 Å². The van der Waals surface area contributed by atoms with Crippen LogP contribution in [0.25, 0.3) is 0 Å². The molecule has 0 radical (unpaired) electrons. The van der Waals surface area contributed by atoms with E-state index >= 15 is 0 Å². The van der Waals surface area contributed by atoms with E-state index in [1.807, 2.05) is 30.3 Å². The minimum atomic E-state index is -2.93. The molecule has 7 nitrogen and oxygen atoms in total. The molecule has 0 heterocycles. The van der Waals surface area contributed by atoms with E-state index in [2.05, 4.69) is 10.1 Å². The predicted molar refractivity (Wildman–Crippen MR) is 115 cm³/mol. The second-order valence-electron chi connectivity index (χ2n) is 6.65. The van der Waals surface area contributed by atoms with Crippen LogP contribution >= 0.6 is 0 Å². The maximum atomic E-state index is 12.1. The van der Waals surface area contributed by atoms with Crippen molar-refractivity contribution < 1.29 is 37.3 Å². The quantitative estimate of drug-likeness (QED) is 0.429. The molecule has 0 bridgehead atoms. The van der Waals surface area contributed by atoms with Gasteiger partial charge in [0.1, 0.15) is 23.9 Å². The van der Waals surface area contributed by atoms with Gasteiger partial charge in [0.2, 0.25) is 0 Å². The van der Waals surface area contributed by atoms with Gasteiger partial charge in [0, 0.05) is 5.69 Å². The lowest BCUT2D eigenvalue weighted by molar-refractivity contribution is -0.149. The highest BCUT2D eigenvalue weighted by Crippen LogP contribution is 2.19. The number of hydrogen-bond donors (Lipinski definition) is 1. The number of amides is 1. The summed E-state index contributed by atoms with van der Waals surface area (Å²) in [4.78, 5) is 23.7. The van der Waals surface area contributed by atoms with E-state index < -0.39 is 25.1 Å². The Bertz CT molecular complexity index is 1030. The van der Waals surface area contributed by atoms with Crippen LogP contribution in [0.5, 0.6) is 17.2 Å². The first-order chi connectivity index (χ1) is 16.0. The number of rotatable bonds is 11. The van der Waals surface area contributed by atoms with Gasteiger partial charge in [-0.1, -0.05) is 30.3 Å². The number of hydrogen-bond acceptors (Lipinski definition) is 6. The van der Waals surface area contributed by atoms with Crippen LogP contribution in [-0.4, -0.2) is 31.7 Å². The minimum absolute atomic E-state index is 0.0395. The van der Waals surface area contributed by atoms with Crippen molar-refractivity contribution in [3.8, 4) is 17.2 Å². The molecule has 0 unspecified atom stereocenters. The third-order valence-corrected chi connectivity index (χ3v) is 4.16. The van der Waals surface area contributed by atoms with Crippen LogP contribution in [0.1, 0.15) is 5.56 Å². The van der Waals surface area contributed by atoms with E-state index in [1.54, 1.807) is 24.3 Å². The van der Waals surface area contributed by atoms with Crippen molar-refractivity contribution in [3.05, 3.63) is 84.4 Å². The van der Waals surface area contributed by atoms with Gasteiger partial charge in [0.15, 0.2) is 13.2 Å². The standard InChI is InChI=1S/C24H21F2NO6/c25-24(26)33-21-8-6-18(7-9-21)27-22(28)15-32-23(29)16-31-20-12-10-19(11-13-20)30-14-17-4-2-1-3-5-17/h1-13,24H,14-16H2,(H,27,28). The first-order valence-electron chi connectivity index (χ1n) is 9.88. The van der Waals surface area contributed by atoms with Gasteiger partial charge in [-0.05, 0) is 54.1 Å². The molecular weight excluding hydrogens is 436 g/mol. The zero-order valence-electron chi connectivity index (χ0n) is 17.4. The molecule has 3 rings (SSSR count). The van der Waals surface area contributed by atoms with Gasteiger partial charge in [-0.3, -0.25) is 4.79 Å². The highest BCUT2D eigenvalue weighted by Gasteiger charge is 2.10. The number of alkyl halides is 2. The van der Waals surface area contributed by atoms with Gasteiger partial charge in [-0.15, -0.1) is 0 Å².